The average Bonchev–Trinajstić information content (AvgIpc) is 2.38. The first-order chi connectivity index (χ1) is 8.61. The van der Waals surface area contributed by atoms with Gasteiger partial charge in [-0.15, -0.1) is 0 Å². The van der Waals surface area contributed by atoms with Crippen molar-refractivity contribution in [2.24, 2.45) is 0 Å². The van der Waals surface area contributed by atoms with E-state index in [1.807, 2.05) is 36.2 Å². The number of nitriles is 1. The van der Waals surface area contributed by atoms with Crippen LogP contribution in [-0.4, -0.2) is 7.05 Å². The number of hydrogen-bond acceptors (Lipinski definition) is 3. The monoisotopic (exact) mass is 257 g/mol. The number of nitrogens with zero attached hydrogens (tertiary/aromatic N) is 2. The van der Waals surface area contributed by atoms with Gasteiger partial charge in [0.25, 0.3) is 0 Å². The Morgan fingerprint density at radius 1 is 1.22 bits per heavy atom. The van der Waals surface area contributed by atoms with Gasteiger partial charge in [-0.1, -0.05) is 17.7 Å². The van der Waals surface area contributed by atoms with Crippen LogP contribution in [-0.2, 0) is 0 Å². The van der Waals surface area contributed by atoms with Gasteiger partial charge in [-0.05, 0) is 36.4 Å². The molecule has 0 fully saturated rings. The first kappa shape index (κ1) is 12.3. The summed E-state index contributed by atoms with van der Waals surface area (Å²) >= 11 is 5.87. The van der Waals surface area contributed by atoms with E-state index >= 15 is 0 Å². The Bertz CT molecular complexity index is 617. The van der Waals surface area contributed by atoms with Gasteiger partial charge in [-0.25, -0.2) is 0 Å². The molecule has 0 aliphatic heterocycles. The standard InChI is InChI=1S/C14H12ClN3/c1-18(12-4-2-3-10(7-12)9-16)14-6-5-11(15)8-13(14)17/h2-8H,17H2,1H3. The molecule has 0 aliphatic rings. The molecule has 18 heavy (non-hydrogen) atoms. The van der Waals surface area contributed by atoms with E-state index in [9.17, 15) is 0 Å². The molecule has 2 aromatic carbocycles. The van der Waals surface area contributed by atoms with Crippen LogP contribution in [0.5, 0.6) is 0 Å². The van der Waals surface area contributed by atoms with Crippen LogP contribution >= 0.6 is 11.6 Å². The normalized spacial score (nSPS) is 9.83. The smallest absolute Gasteiger partial charge is 0.0992 e. The molecule has 2 N–H and O–H groups in total. The highest BCUT2D eigenvalue weighted by atomic mass is 35.5. The second-order valence-corrected chi connectivity index (χ2v) is 4.36. The van der Waals surface area contributed by atoms with E-state index in [2.05, 4.69) is 6.07 Å². The fraction of sp³-hybridized carbons (Fsp3) is 0.0714. The number of hydrogen-bond donors (Lipinski definition) is 1. The molecule has 90 valence electrons. The highest BCUT2D eigenvalue weighted by Gasteiger charge is 2.08. The van der Waals surface area contributed by atoms with E-state index in [0.717, 1.165) is 11.4 Å². The number of nitrogen functional groups attached to an aromatic ring is 1. The SMILES string of the molecule is CN(c1cccc(C#N)c1)c1ccc(Cl)cc1N. The van der Waals surface area contributed by atoms with Crippen LogP contribution in [0.1, 0.15) is 5.56 Å². The van der Waals surface area contributed by atoms with Gasteiger partial charge < -0.3 is 10.6 Å². The summed E-state index contributed by atoms with van der Waals surface area (Å²) in [4.78, 5) is 1.92. The highest BCUT2D eigenvalue weighted by Crippen LogP contribution is 2.31. The van der Waals surface area contributed by atoms with Gasteiger partial charge >= 0.3 is 0 Å². The Morgan fingerprint density at radius 3 is 2.67 bits per heavy atom. The van der Waals surface area contributed by atoms with Gasteiger partial charge in [0.2, 0.25) is 0 Å². The molecule has 0 unspecified atom stereocenters. The first-order valence-corrected chi connectivity index (χ1v) is 5.78. The summed E-state index contributed by atoms with van der Waals surface area (Å²) in [6.07, 6.45) is 0. The summed E-state index contributed by atoms with van der Waals surface area (Å²) in [6.45, 7) is 0. The molecule has 2 rings (SSSR count). The Labute approximate surface area is 111 Å². The number of rotatable bonds is 2. The van der Waals surface area contributed by atoms with Crippen LogP contribution in [0.25, 0.3) is 0 Å². The maximum absolute atomic E-state index is 8.89. The van der Waals surface area contributed by atoms with Gasteiger partial charge in [0, 0.05) is 17.8 Å². The lowest BCUT2D eigenvalue weighted by Gasteiger charge is -2.21. The third-order valence-corrected chi connectivity index (χ3v) is 2.95. The van der Waals surface area contributed by atoms with E-state index in [1.165, 1.54) is 0 Å². The lowest BCUT2D eigenvalue weighted by atomic mass is 10.2. The molecular formula is C14H12ClN3. The van der Waals surface area contributed by atoms with Crippen LogP contribution in [0, 0.1) is 11.3 Å². The van der Waals surface area contributed by atoms with Crippen molar-refractivity contribution in [2.75, 3.05) is 17.7 Å². The molecule has 0 saturated heterocycles. The molecule has 0 bridgehead atoms. The summed E-state index contributed by atoms with van der Waals surface area (Å²) in [5.74, 6) is 0. The Kier molecular flexibility index (Phi) is 3.40. The van der Waals surface area contributed by atoms with Crippen molar-refractivity contribution in [2.45, 2.75) is 0 Å². The molecule has 2 aromatic rings. The van der Waals surface area contributed by atoms with Crippen molar-refractivity contribution in [3.63, 3.8) is 0 Å². The minimum atomic E-state index is 0.604. The van der Waals surface area contributed by atoms with Crippen molar-refractivity contribution in [1.29, 1.82) is 5.26 Å². The summed E-state index contributed by atoms with van der Waals surface area (Å²) in [5, 5.41) is 9.50. The zero-order valence-corrected chi connectivity index (χ0v) is 10.6. The zero-order chi connectivity index (χ0) is 13.1. The second-order valence-electron chi connectivity index (χ2n) is 3.92. The molecule has 0 heterocycles. The van der Waals surface area contributed by atoms with E-state index in [1.54, 1.807) is 18.2 Å². The Morgan fingerprint density at radius 2 is 2.00 bits per heavy atom. The van der Waals surface area contributed by atoms with Crippen molar-refractivity contribution in [3.05, 3.63) is 53.1 Å². The van der Waals surface area contributed by atoms with Crippen LogP contribution < -0.4 is 10.6 Å². The largest absolute Gasteiger partial charge is 0.397 e. The minimum absolute atomic E-state index is 0.604. The lowest BCUT2D eigenvalue weighted by Crippen LogP contribution is -2.11. The molecule has 0 spiro atoms. The number of anilines is 3. The van der Waals surface area contributed by atoms with E-state index in [0.29, 0.717) is 16.3 Å². The van der Waals surface area contributed by atoms with E-state index in [-0.39, 0.29) is 0 Å². The fourth-order valence-corrected chi connectivity index (χ4v) is 1.93. The second kappa shape index (κ2) is 4.99. The third-order valence-electron chi connectivity index (χ3n) is 2.71. The van der Waals surface area contributed by atoms with Crippen molar-refractivity contribution in [1.82, 2.24) is 0 Å². The predicted octanol–water partition coefficient (Wildman–Crippen LogP) is 3.56. The first-order valence-electron chi connectivity index (χ1n) is 5.41. The molecule has 0 aliphatic carbocycles. The number of nitrogens with two attached hydrogens (primary N) is 1. The van der Waals surface area contributed by atoms with E-state index in [4.69, 9.17) is 22.6 Å². The van der Waals surface area contributed by atoms with Gasteiger partial charge in [-0.3, -0.25) is 0 Å². The highest BCUT2D eigenvalue weighted by molar-refractivity contribution is 6.31. The maximum Gasteiger partial charge on any atom is 0.0992 e. The van der Waals surface area contributed by atoms with Crippen LogP contribution in [0.4, 0.5) is 17.1 Å². The summed E-state index contributed by atoms with van der Waals surface area (Å²) in [5.41, 5.74) is 8.92. The van der Waals surface area contributed by atoms with Crippen LogP contribution in [0.15, 0.2) is 42.5 Å². The van der Waals surface area contributed by atoms with Gasteiger partial charge in [0.15, 0.2) is 0 Å². The summed E-state index contributed by atoms with van der Waals surface area (Å²) in [6, 6.07) is 14.8. The zero-order valence-electron chi connectivity index (χ0n) is 9.89. The minimum Gasteiger partial charge on any atom is -0.397 e. The molecule has 3 nitrogen and oxygen atoms in total. The molecule has 0 amide bonds. The molecule has 0 aromatic heterocycles. The lowest BCUT2D eigenvalue weighted by molar-refractivity contribution is 1.21. The number of benzene rings is 2. The summed E-state index contributed by atoms with van der Waals surface area (Å²) in [7, 11) is 1.90. The predicted molar refractivity (Wildman–Crippen MR) is 75.1 cm³/mol. The van der Waals surface area contributed by atoms with Crippen molar-refractivity contribution < 1.29 is 0 Å². The third kappa shape index (κ3) is 2.39. The van der Waals surface area contributed by atoms with Crippen molar-refractivity contribution in [3.8, 4) is 6.07 Å². The van der Waals surface area contributed by atoms with Crippen LogP contribution in [0.2, 0.25) is 5.02 Å². The fourth-order valence-electron chi connectivity index (χ4n) is 1.75. The van der Waals surface area contributed by atoms with Gasteiger partial charge in [0.05, 0.1) is 23.0 Å². The quantitative estimate of drug-likeness (QED) is 0.837. The van der Waals surface area contributed by atoms with E-state index < -0.39 is 0 Å². The molecule has 4 heteroatoms. The van der Waals surface area contributed by atoms with Gasteiger partial charge in [-0.2, -0.15) is 5.26 Å². The maximum atomic E-state index is 8.89. The molecule has 0 saturated carbocycles. The number of halogens is 1. The topological polar surface area (TPSA) is 53.0 Å². The summed E-state index contributed by atoms with van der Waals surface area (Å²) < 4.78 is 0. The Hall–Kier alpha value is -2.18. The molecular weight excluding hydrogens is 246 g/mol. The van der Waals surface area contributed by atoms with Crippen molar-refractivity contribution >= 4 is 28.7 Å². The molecule has 0 radical (unpaired) electrons. The Balaban J connectivity index is 2.41. The average molecular weight is 258 g/mol. The van der Waals surface area contributed by atoms with Crippen LogP contribution in [0.3, 0.4) is 0 Å². The molecule has 0 atom stereocenters. The van der Waals surface area contributed by atoms with Gasteiger partial charge in [0.1, 0.15) is 0 Å².